The fraction of sp³-hybridized carbons (Fsp3) is 0.214. The Morgan fingerprint density at radius 2 is 2.05 bits per heavy atom. The van der Waals surface area contributed by atoms with Crippen LogP contribution in [0.1, 0.15) is 16.7 Å². The first-order chi connectivity index (χ1) is 9.53. The monoisotopic (exact) mass is 291 g/mol. The Hall–Kier alpha value is -1.76. The van der Waals surface area contributed by atoms with Crippen LogP contribution >= 0.6 is 0 Å². The summed E-state index contributed by atoms with van der Waals surface area (Å²) < 4.78 is 27.1. The molecule has 0 amide bonds. The molecule has 1 aromatic carbocycles. The number of sulfonamides is 1. The molecular weight excluding hydrogens is 274 g/mol. The van der Waals surface area contributed by atoms with E-state index in [0.29, 0.717) is 12.1 Å². The van der Waals surface area contributed by atoms with Crippen molar-refractivity contribution in [3.63, 3.8) is 0 Å². The summed E-state index contributed by atoms with van der Waals surface area (Å²) in [7, 11) is -3.53. The average Bonchev–Trinajstić information content (AvgIpc) is 2.46. The fourth-order valence-electron chi connectivity index (χ4n) is 1.90. The topological polar surface area (TPSA) is 85.1 Å². The van der Waals surface area contributed by atoms with Crippen LogP contribution in [0.5, 0.6) is 0 Å². The van der Waals surface area contributed by atoms with E-state index < -0.39 is 10.0 Å². The molecule has 0 fully saturated rings. The molecule has 20 heavy (non-hydrogen) atoms. The number of nitrogens with one attached hydrogen (secondary N) is 1. The van der Waals surface area contributed by atoms with Crippen molar-refractivity contribution in [2.24, 2.45) is 5.73 Å². The van der Waals surface area contributed by atoms with E-state index in [1.807, 2.05) is 6.07 Å². The lowest BCUT2D eigenvalue weighted by molar-refractivity contribution is 0.580. The van der Waals surface area contributed by atoms with E-state index in [0.717, 1.165) is 11.1 Å². The van der Waals surface area contributed by atoms with Gasteiger partial charge in [-0.25, -0.2) is 13.1 Å². The van der Waals surface area contributed by atoms with Gasteiger partial charge in [0, 0.05) is 25.5 Å². The Morgan fingerprint density at radius 1 is 1.25 bits per heavy atom. The molecule has 0 radical (unpaired) electrons. The van der Waals surface area contributed by atoms with Crippen LogP contribution in [0.25, 0.3) is 0 Å². The number of aromatic nitrogens is 1. The van der Waals surface area contributed by atoms with Gasteiger partial charge < -0.3 is 5.73 Å². The van der Waals surface area contributed by atoms with Gasteiger partial charge in [0.25, 0.3) is 0 Å². The molecule has 0 unspecified atom stereocenters. The molecule has 0 aliphatic carbocycles. The van der Waals surface area contributed by atoms with Crippen LogP contribution < -0.4 is 10.5 Å². The van der Waals surface area contributed by atoms with Gasteiger partial charge in [-0.15, -0.1) is 0 Å². The Kier molecular flexibility index (Phi) is 4.49. The highest BCUT2D eigenvalue weighted by atomic mass is 32.2. The van der Waals surface area contributed by atoms with E-state index in [1.165, 1.54) is 0 Å². The van der Waals surface area contributed by atoms with Gasteiger partial charge in [0.15, 0.2) is 0 Å². The van der Waals surface area contributed by atoms with Crippen molar-refractivity contribution in [2.75, 3.05) is 0 Å². The lowest BCUT2D eigenvalue weighted by Gasteiger charge is -2.10. The third-order valence-electron chi connectivity index (χ3n) is 2.95. The van der Waals surface area contributed by atoms with Crippen molar-refractivity contribution in [1.29, 1.82) is 0 Å². The Labute approximate surface area is 118 Å². The zero-order chi connectivity index (χ0) is 14.6. The number of nitrogens with two attached hydrogens (primary N) is 1. The van der Waals surface area contributed by atoms with Gasteiger partial charge in [0.1, 0.15) is 0 Å². The molecule has 5 nitrogen and oxygen atoms in total. The molecule has 6 heteroatoms. The van der Waals surface area contributed by atoms with Crippen molar-refractivity contribution < 1.29 is 8.42 Å². The summed E-state index contributed by atoms with van der Waals surface area (Å²) in [5, 5.41) is 0. The smallest absolute Gasteiger partial charge is 0.241 e. The predicted octanol–water partition coefficient (Wildman–Crippen LogP) is 1.33. The number of nitrogens with zero attached hydrogens (tertiary/aromatic N) is 1. The minimum Gasteiger partial charge on any atom is -0.326 e. The summed E-state index contributed by atoms with van der Waals surface area (Å²) in [5.41, 5.74) is 7.95. The van der Waals surface area contributed by atoms with Crippen LogP contribution in [0.4, 0.5) is 0 Å². The van der Waals surface area contributed by atoms with Gasteiger partial charge in [-0.1, -0.05) is 18.2 Å². The lowest BCUT2D eigenvalue weighted by Crippen LogP contribution is -2.24. The van der Waals surface area contributed by atoms with Crippen LogP contribution in [-0.2, 0) is 23.1 Å². The number of rotatable bonds is 5. The van der Waals surface area contributed by atoms with Gasteiger partial charge in [-0.3, -0.25) is 4.98 Å². The van der Waals surface area contributed by atoms with Crippen molar-refractivity contribution in [1.82, 2.24) is 9.71 Å². The van der Waals surface area contributed by atoms with E-state index in [-0.39, 0.29) is 11.4 Å². The molecule has 0 atom stereocenters. The summed E-state index contributed by atoms with van der Waals surface area (Å²) in [5.74, 6) is 0. The third kappa shape index (κ3) is 3.41. The van der Waals surface area contributed by atoms with E-state index >= 15 is 0 Å². The van der Waals surface area contributed by atoms with E-state index in [2.05, 4.69) is 9.71 Å². The maximum Gasteiger partial charge on any atom is 0.241 e. The van der Waals surface area contributed by atoms with Crippen LogP contribution in [-0.4, -0.2) is 13.4 Å². The second-order valence-electron chi connectivity index (χ2n) is 4.49. The number of hydrogen-bond acceptors (Lipinski definition) is 4. The molecule has 1 heterocycles. The summed E-state index contributed by atoms with van der Waals surface area (Å²) >= 11 is 0. The van der Waals surface area contributed by atoms with Gasteiger partial charge in [0.2, 0.25) is 10.0 Å². The summed E-state index contributed by atoms with van der Waals surface area (Å²) in [6.45, 7) is 2.37. The van der Waals surface area contributed by atoms with Crippen LogP contribution in [0.3, 0.4) is 0 Å². The molecule has 0 spiro atoms. The summed E-state index contributed by atoms with van der Waals surface area (Å²) in [6, 6.07) is 8.69. The van der Waals surface area contributed by atoms with Gasteiger partial charge in [-0.2, -0.15) is 0 Å². The van der Waals surface area contributed by atoms with Crippen molar-refractivity contribution >= 4 is 10.0 Å². The lowest BCUT2D eigenvalue weighted by atomic mass is 10.1. The molecule has 2 aromatic rings. The molecule has 0 bridgehead atoms. The second kappa shape index (κ2) is 6.13. The highest BCUT2D eigenvalue weighted by Crippen LogP contribution is 2.16. The highest BCUT2D eigenvalue weighted by Gasteiger charge is 2.16. The summed E-state index contributed by atoms with van der Waals surface area (Å²) in [6.07, 6.45) is 3.28. The van der Waals surface area contributed by atoms with Crippen LogP contribution in [0.15, 0.2) is 47.6 Å². The number of benzene rings is 1. The maximum absolute atomic E-state index is 12.3. The first-order valence-electron chi connectivity index (χ1n) is 6.21. The molecular formula is C14H17N3O2S. The van der Waals surface area contributed by atoms with Crippen LogP contribution in [0.2, 0.25) is 0 Å². The minimum absolute atomic E-state index is 0.217. The first-order valence-corrected chi connectivity index (χ1v) is 7.69. The Morgan fingerprint density at radius 3 is 2.65 bits per heavy atom. The standard InChI is InChI=1S/C14H17N3O2S/c1-11-7-12(8-15)4-5-14(11)20(18,19)17-10-13-3-2-6-16-9-13/h2-7,9,17H,8,10,15H2,1H3. The zero-order valence-corrected chi connectivity index (χ0v) is 12.0. The fourth-order valence-corrected chi connectivity index (χ4v) is 3.14. The molecule has 3 N–H and O–H groups in total. The highest BCUT2D eigenvalue weighted by molar-refractivity contribution is 7.89. The summed E-state index contributed by atoms with van der Waals surface area (Å²) in [4.78, 5) is 4.23. The largest absolute Gasteiger partial charge is 0.326 e. The molecule has 0 aliphatic rings. The maximum atomic E-state index is 12.3. The average molecular weight is 291 g/mol. The molecule has 0 saturated heterocycles. The normalized spacial score (nSPS) is 11.5. The van der Waals surface area contributed by atoms with Crippen molar-refractivity contribution in [2.45, 2.75) is 24.9 Å². The molecule has 1 aromatic heterocycles. The molecule has 0 aliphatic heterocycles. The number of hydrogen-bond donors (Lipinski definition) is 2. The zero-order valence-electron chi connectivity index (χ0n) is 11.2. The van der Waals surface area contributed by atoms with Crippen molar-refractivity contribution in [3.8, 4) is 0 Å². The number of aryl methyl sites for hydroxylation is 1. The molecule has 2 rings (SSSR count). The SMILES string of the molecule is Cc1cc(CN)ccc1S(=O)(=O)NCc1cccnc1. The van der Waals surface area contributed by atoms with Gasteiger partial charge >= 0.3 is 0 Å². The molecule has 0 saturated carbocycles. The van der Waals surface area contributed by atoms with E-state index in [1.54, 1.807) is 43.6 Å². The van der Waals surface area contributed by atoms with Crippen molar-refractivity contribution in [3.05, 3.63) is 59.4 Å². The Balaban J connectivity index is 2.18. The van der Waals surface area contributed by atoms with Gasteiger partial charge in [0.05, 0.1) is 4.90 Å². The van der Waals surface area contributed by atoms with Gasteiger partial charge in [-0.05, 0) is 35.7 Å². The van der Waals surface area contributed by atoms with Crippen LogP contribution in [0, 0.1) is 6.92 Å². The van der Waals surface area contributed by atoms with E-state index in [4.69, 9.17) is 5.73 Å². The predicted molar refractivity (Wildman–Crippen MR) is 77.3 cm³/mol. The minimum atomic E-state index is -3.53. The first kappa shape index (κ1) is 14.6. The second-order valence-corrected chi connectivity index (χ2v) is 6.23. The number of pyridine rings is 1. The Bertz CT molecular complexity index is 685. The quantitative estimate of drug-likeness (QED) is 0.870. The van der Waals surface area contributed by atoms with E-state index in [9.17, 15) is 8.42 Å². The third-order valence-corrected chi connectivity index (χ3v) is 4.52. The molecule has 106 valence electrons.